The lowest BCUT2D eigenvalue weighted by atomic mass is 9.46. The highest BCUT2D eigenvalue weighted by Crippen LogP contribution is 2.67. The summed E-state index contributed by atoms with van der Waals surface area (Å²) < 4.78 is 5.15. The number of fused-ring (bicyclic) bond motifs is 5. The van der Waals surface area contributed by atoms with Crippen LogP contribution in [0.15, 0.2) is 23.8 Å². The molecular formula is C31H43NO9. The van der Waals surface area contributed by atoms with Gasteiger partial charge in [0.2, 0.25) is 11.7 Å². The number of hydrogen-bond acceptors (Lipinski definition) is 8. The summed E-state index contributed by atoms with van der Waals surface area (Å²) in [6.07, 6.45) is 6.46. The lowest BCUT2D eigenvalue weighted by Gasteiger charge is -2.59. The number of allylic oxidation sites excluding steroid dienone is 4. The van der Waals surface area contributed by atoms with Crippen molar-refractivity contribution < 1.29 is 44.0 Å². The van der Waals surface area contributed by atoms with Crippen LogP contribution in [0.1, 0.15) is 79.1 Å². The monoisotopic (exact) mass is 573 g/mol. The molecule has 0 aliphatic heterocycles. The number of aliphatic hydroxyl groups excluding tert-OH is 1. The zero-order valence-electron chi connectivity index (χ0n) is 24.4. The highest BCUT2D eigenvalue weighted by Gasteiger charge is 2.68. The molecule has 226 valence electrons. The van der Waals surface area contributed by atoms with Gasteiger partial charge >= 0.3 is 11.9 Å². The summed E-state index contributed by atoms with van der Waals surface area (Å²) in [6.45, 7) is 6.93. The Morgan fingerprint density at radius 3 is 2.51 bits per heavy atom. The van der Waals surface area contributed by atoms with Crippen LogP contribution in [0.2, 0.25) is 0 Å². The molecule has 10 nitrogen and oxygen atoms in total. The number of aliphatic hydroxyl groups is 2. The summed E-state index contributed by atoms with van der Waals surface area (Å²) in [5.74, 6) is -3.27. The van der Waals surface area contributed by atoms with Crippen LogP contribution in [0.5, 0.6) is 0 Å². The van der Waals surface area contributed by atoms with Gasteiger partial charge in [0, 0.05) is 23.2 Å². The van der Waals surface area contributed by atoms with Crippen LogP contribution in [0.3, 0.4) is 0 Å². The van der Waals surface area contributed by atoms with Crippen molar-refractivity contribution in [1.82, 2.24) is 5.32 Å². The third kappa shape index (κ3) is 5.65. The maximum atomic E-state index is 13.4. The molecule has 3 saturated carbocycles. The van der Waals surface area contributed by atoms with Crippen LogP contribution in [0, 0.1) is 34.5 Å². The first-order valence-corrected chi connectivity index (χ1v) is 14.7. The molecule has 0 saturated heterocycles. The second kappa shape index (κ2) is 11.4. The SMILES string of the molecule is CC(C)C[C@H](NC(=O)CCC(=O)OCC(=O)[C@@]1(O)CC[C@H]2[C@@H]3CCC4=CC(=O)C=C[C@]4(C)[C@H]3[C@@H](O)C[C@@]21C)C(=O)O. The Labute approximate surface area is 240 Å². The fourth-order valence-corrected chi connectivity index (χ4v) is 8.30. The standard InChI is InChI=1S/C31H43NO9/c1-17(2)13-22(28(38)39)32-25(36)7-8-26(37)41-16-24(35)31(40)12-10-21-20-6-5-18-14-19(33)9-11-29(18,3)27(20)23(34)15-30(21,31)4/h9,11,14,17,20-23,27,34,40H,5-8,10,12-13,15-16H2,1-4H3,(H,32,36)(H,38,39)/t20-,21-,22-,23-,27+,29-,30-,31-/m0/s1. The molecule has 0 unspecified atom stereocenters. The number of rotatable bonds is 10. The topological polar surface area (TPSA) is 167 Å². The van der Waals surface area contributed by atoms with E-state index in [0.29, 0.717) is 6.42 Å². The zero-order valence-corrected chi connectivity index (χ0v) is 24.4. The van der Waals surface area contributed by atoms with Crippen molar-refractivity contribution in [3.05, 3.63) is 23.8 Å². The minimum atomic E-state index is -1.78. The van der Waals surface area contributed by atoms with Gasteiger partial charge in [0.15, 0.2) is 12.4 Å². The number of amides is 1. The fourth-order valence-electron chi connectivity index (χ4n) is 8.30. The normalized spacial score (nSPS) is 36.5. The molecule has 4 rings (SSSR count). The highest BCUT2D eigenvalue weighted by molar-refractivity contribution is 6.01. The molecule has 0 heterocycles. The Morgan fingerprint density at radius 2 is 1.85 bits per heavy atom. The van der Waals surface area contributed by atoms with Gasteiger partial charge in [-0.1, -0.05) is 39.3 Å². The van der Waals surface area contributed by atoms with Gasteiger partial charge in [-0.2, -0.15) is 0 Å². The average molecular weight is 574 g/mol. The lowest BCUT2D eigenvalue weighted by Crippen LogP contribution is -2.61. The third-order valence-corrected chi connectivity index (χ3v) is 10.4. The van der Waals surface area contributed by atoms with Crippen molar-refractivity contribution in [1.29, 1.82) is 0 Å². The molecule has 1 amide bonds. The molecular weight excluding hydrogens is 530 g/mol. The van der Waals surface area contributed by atoms with Crippen LogP contribution in [-0.2, 0) is 28.7 Å². The van der Waals surface area contributed by atoms with Crippen molar-refractivity contribution in [2.24, 2.45) is 34.5 Å². The Hall–Kier alpha value is -2.85. The second-order valence-electron chi connectivity index (χ2n) is 13.3. The van der Waals surface area contributed by atoms with Crippen LogP contribution < -0.4 is 5.32 Å². The van der Waals surface area contributed by atoms with E-state index in [1.54, 1.807) is 12.2 Å². The van der Waals surface area contributed by atoms with Crippen molar-refractivity contribution in [3.8, 4) is 0 Å². The Bertz CT molecular complexity index is 1170. The predicted octanol–water partition coefficient (Wildman–Crippen LogP) is 2.50. The van der Waals surface area contributed by atoms with E-state index >= 15 is 0 Å². The molecule has 0 spiro atoms. The van der Waals surface area contributed by atoms with Gasteiger partial charge in [0.05, 0.1) is 12.5 Å². The largest absolute Gasteiger partial charge is 0.480 e. The minimum Gasteiger partial charge on any atom is -0.480 e. The number of carboxylic acid groups (broad SMARTS) is 1. The van der Waals surface area contributed by atoms with E-state index in [2.05, 4.69) is 12.2 Å². The van der Waals surface area contributed by atoms with Crippen molar-refractivity contribution in [3.63, 3.8) is 0 Å². The number of carbonyl (C=O) groups is 5. The van der Waals surface area contributed by atoms with Crippen LogP contribution in [-0.4, -0.2) is 69.1 Å². The van der Waals surface area contributed by atoms with E-state index < -0.39 is 58.8 Å². The van der Waals surface area contributed by atoms with E-state index in [9.17, 15) is 39.3 Å². The third-order valence-electron chi connectivity index (χ3n) is 10.4. The molecule has 41 heavy (non-hydrogen) atoms. The summed E-state index contributed by atoms with van der Waals surface area (Å²) in [6, 6.07) is -1.05. The molecule has 4 aliphatic rings. The number of aliphatic carboxylic acids is 1. The van der Waals surface area contributed by atoms with Crippen LogP contribution >= 0.6 is 0 Å². The molecule has 4 aliphatic carbocycles. The molecule has 0 radical (unpaired) electrons. The quantitative estimate of drug-likeness (QED) is 0.287. The maximum Gasteiger partial charge on any atom is 0.326 e. The first-order valence-electron chi connectivity index (χ1n) is 14.7. The second-order valence-corrected chi connectivity index (χ2v) is 13.3. The minimum absolute atomic E-state index is 0.0262. The van der Waals surface area contributed by atoms with Crippen molar-refractivity contribution in [2.45, 2.75) is 96.8 Å². The van der Waals surface area contributed by atoms with Crippen molar-refractivity contribution >= 4 is 29.4 Å². The molecule has 0 bridgehead atoms. The van der Waals surface area contributed by atoms with Gasteiger partial charge in [-0.05, 0) is 68.4 Å². The highest BCUT2D eigenvalue weighted by atomic mass is 16.5. The number of Topliss-reactive ketones (excluding diaryl/α,β-unsaturated/α-hetero) is 1. The molecule has 4 N–H and O–H groups in total. The number of esters is 1. The number of ketones is 2. The number of nitrogens with one attached hydrogen (secondary N) is 1. The van der Waals surface area contributed by atoms with Gasteiger partial charge < -0.3 is 25.4 Å². The smallest absolute Gasteiger partial charge is 0.326 e. The summed E-state index contributed by atoms with van der Waals surface area (Å²) in [5, 5.41) is 34.9. The van der Waals surface area contributed by atoms with Gasteiger partial charge in [0.25, 0.3) is 0 Å². The number of ether oxygens (including phenoxy) is 1. The van der Waals surface area contributed by atoms with E-state index in [4.69, 9.17) is 4.74 Å². The fraction of sp³-hybridized carbons (Fsp3) is 0.710. The summed E-state index contributed by atoms with van der Waals surface area (Å²) in [7, 11) is 0. The first kappa shape index (κ1) is 31.1. The number of hydrogen-bond donors (Lipinski definition) is 4. The molecule has 8 atom stereocenters. The Balaban J connectivity index is 1.36. The number of carboxylic acids is 1. The van der Waals surface area contributed by atoms with E-state index in [-0.39, 0.29) is 61.6 Å². The number of carbonyl (C=O) groups excluding carboxylic acids is 4. The summed E-state index contributed by atoms with van der Waals surface area (Å²) >= 11 is 0. The molecule has 10 heteroatoms. The van der Waals surface area contributed by atoms with Gasteiger partial charge in [-0.3, -0.25) is 19.2 Å². The van der Waals surface area contributed by atoms with Gasteiger partial charge in [-0.15, -0.1) is 0 Å². The lowest BCUT2D eigenvalue weighted by molar-refractivity contribution is -0.181. The van der Waals surface area contributed by atoms with Crippen molar-refractivity contribution in [2.75, 3.05) is 6.61 Å². The zero-order chi connectivity index (χ0) is 30.3. The van der Waals surface area contributed by atoms with Crippen LogP contribution in [0.25, 0.3) is 0 Å². The Morgan fingerprint density at radius 1 is 1.15 bits per heavy atom. The van der Waals surface area contributed by atoms with Crippen LogP contribution in [0.4, 0.5) is 0 Å². The van der Waals surface area contributed by atoms with Gasteiger partial charge in [-0.25, -0.2) is 4.79 Å². The maximum absolute atomic E-state index is 13.4. The Kier molecular flexibility index (Phi) is 8.67. The first-order chi connectivity index (χ1) is 19.1. The molecule has 3 fully saturated rings. The average Bonchev–Trinajstić information content (AvgIpc) is 3.16. The summed E-state index contributed by atoms with van der Waals surface area (Å²) in [4.78, 5) is 61.3. The molecule has 0 aromatic rings. The van der Waals surface area contributed by atoms with E-state index in [0.717, 1.165) is 18.4 Å². The summed E-state index contributed by atoms with van der Waals surface area (Å²) in [5.41, 5.74) is -2.12. The van der Waals surface area contributed by atoms with Gasteiger partial charge in [0.1, 0.15) is 11.6 Å². The van der Waals surface area contributed by atoms with E-state index in [1.165, 1.54) is 0 Å². The predicted molar refractivity (Wildman–Crippen MR) is 147 cm³/mol. The molecule has 0 aromatic heterocycles. The molecule has 0 aromatic carbocycles. The van der Waals surface area contributed by atoms with E-state index in [1.807, 2.05) is 26.8 Å².